The zero-order valence-electron chi connectivity index (χ0n) is 8.78. The van der Waals surface area contributed by atoms with Crippen LogP contribution < -0.4 is 5.32 Å². The summed E-state index contributed by atoms with van der Waals surface area (Å²) in [5.41, 5.74) is 0.616. The topological polar surface area (TPSA) is 51.0 Å². The van der Waals surface area contributed by atoms with Gasteiger partial charge in [0.05, 0.1) is 21.7 Å². The van der Waals surface area contributed by atoms with E-state index in [1.54, 1.807) is 18.2 Å². The Morgan fingerprint density at radius 2 is 2.00 bits per heavy atom. The molecule has 0 spiro atoms. The van der Waals surface area contributed by atoms with Crippen LogP contribution in [-0.4, -0.2) is 16.7 Å². The molecule has 1 aromatic heterocycles. The van der Waals surface area contributed by atoms with Crippen LogP contribution >= 0.6 is 23.2 Å². The molecule has 2 heterocycles. The fourth-order valence-corrected chi connectivity index (χ4v) is 2.26. The van der Waals surface area contributed by atoms with Gasteiger partial charge in [0.25, 0.3) is 0 Å². The molecule has 1 aliphatic rings. The molecular formula is C11H9Cl2N3O. The molecule has 2 aromatic rings. The van der Waals surface area contributed by atoms with Crippen LogP contribution in [0.15, 0.2) is 22.7 Å². The second kappa shape index (κ2) is 4.29. The first-order valence-electron chi connectivity index (χ1n) is 5.27. The molecule has 1 aliphatic heterocycles. The van der Waals surface area contributed by atoms with Gasteiger partial charge in [-0.05, 0) is 25.1 Å². The molecule has 0 aliphatic carbocycles. The van der Waals surface area contributed by atoms with E-state index < -0.39 is 0 Å². The van der Waals surface area contributed by atoms with Gasteiger partial charge in [0.1, 0.15) is 0 Å². The van der Waals surface area contributed by atoms with Gasteiger partial charge < -0.3 is 9.84 Å². The summed E-state index contributed by atoms with van der Waals surface area (Å²) in [4.78, 5) is 4.31. The summed E-state index contributed by atoms with van der Waals surface area (Å²) in [7, 11) is 0. The van der Waals surface area contributed by atoms with Crippen LogP contribution in [0.3, 0.4) is 0 Å². The van der Waals surface area contributed by atoms with Crippen LogP contribution in [-0.2, 0) is 0 Å². The quantitative estimate of drug-likeness (QED) is 0.911. The lowest BCUT2D eigenvalue weighted by Crippen LogP contribution is -2.35. The SMILES string of the molecule is Clc1cccc(Cl)c1-c1noc([C@H]2CCN2)n1. The maximum absolute atomic E-state index is 6.08. The molecule has 4 nitrogen and oxygen atoms in total. The highest BCUT2D eigenvalue weighted by Gasteiger charge is 2.25. The predicted molar refractivity (Wildman–Crippen MR) is 65.1 cm³/mol. The number of nitrogens with one attached hydrogen (secondary N) is 1. The number of hydrogen-bond acceptors (Lipinski definition) is 4. The molecule has 0 amide bonds. The van der Waals surface area contributed by atoms with Crippen molar-refractivity contribution in [2.24, 2.45) is 0 Å². The molecule has 1 atom stereocenters. The van der Waals surface area contributed by atoms with Crippen LogP contribution in [0.25, 0.3) is 11.4 Å². The number of halogens is 2. The minimum absolute atomic E-state index is 0.164. The zero-order chi connectivity index (χ0) is 11.8. The Balaban J connectivity index is 2.00. The highest BCUT2D eigenvalue weighted by Crippen LogP contribution is 2.33. The minimum Gasteiger partial charge on any atom is -0.337 e. The molecule has 88 valence electrons. The van der Waals surface area contributed by atoms with Crippen molar-refractivity contribution in [3.05, 3.63) is 34.1 Å². The van der Waals surface area contributed by atoms with Crippen molar-refractivity contribution < 1.29 is 4.52 Å². The summed E-state index contributed by atoms with van der Waals surface area (Å²) in [6.07, 6.45) is 1.01. The third kappa shape index (κ3) is 1.92. The van der Waals surface area contributed by atoms with E-state index in [0.29, 0.717) is 27.3 Å². The summed E-state index contributed by atoms with van der Waals surface area (Å²) in [5.74, 6) is 1.02. The lowest BCUT2D eigenvalue weighted by molar-refractivity contribution is 0.273. The average molecular weight is 270 g/mol. The van der Waals surface area contributed by atoms with Crippen LogP contribution in [0.5, 0.6) is 0 Å². The maximum Gasteiger partial charge on any atom is 0.244 e. The smallest absolute Gasteiger partial charge is 0.244 e. The summed E-state index contributed by atoms with van der Waals surface area (Å²) in [6, 6.07) is 5.45. The third-order valence-corrected chi connectivity index (χ3v) is 3.38. The van der Waals surface area contributed by atoms with Crippen molar-refractivity contribution in [3.63, 3.8) is 0 Å². The molecule has 0 unspecified atom stereocenters. The standard InChI is InChI=1S/C11H9Cl2N3O/c12-6-2-1-3-7(13)9(6)10-15-11(17-16-10)8-4-5-14-8/h1-3,8,14H,4-5H2/t8-/m1/s1. The van der Waals surface area contributed by atoms with E-state index in [-0.39, 0.29) is 6.04 Å². The van der Waals surface area contributed by atoms with Gasteiger partial charge in [-0.1, -0.05) is 34.4 Å². The third-order valence-electron chi connectivity index (χ3n) is 2.75. The maximum atomic E-state index is 6.08. The molecule has 3 rings (SSSR count). The van der Waals surface area contributed by atoms with Crippen molar-refractivity contribution in [1.82, 2.24) is 15.5 Å². The van der Waals surface area contributed by atoms with E-state index in [1.165, 1.54) is 0 Å². The normalized spacial score (nSPS) is 19.1. The molecule has 17 heavy (non-hydrogen) atoms. The molecular weight excluding hydrogens is 261 g/mol. The first kappa shape index (κ1) is 11.0. The Morgan fingerprint density at radius 1 is 1.29 bits per heavy atom. The van der Waals surface area contributed by atoms with Gasteiger partial charge in [-0.2, -0.15) is 4.98 Å². The lowest BCUT2D eigenvalue weighted by atomic mass is 10.1. The molecule has 6 heteroatoms. The van der Waals surface area contributed by atoms with E-state index in [9.17, 15) is 0 Å². The van der Waals surface area contributed by atoms with Gasteiger partial charge in [0.2, 0.25) is 11.7 Å². The largest absolute Gasteiger partial charge is 0.337 e. The van der Waals surface area contributed by atoms with E-state index in [2.05, 4.69) is 15.5 Å². The second-order valence-corrected chi connectivity index (χ2v) is 4.66. The monoisotopic (exact) mass is 269 g/mol. The fourth-order valence-electron chi connectivity index (χ4n) is 1.69. The van der Waals surface area contributed by atoms with Crippen molar-refractivity contribution >= 4 is 23.2 Å². The van der Waals surface area contributed by atoms with E-state index in [1.807, 2.05) is 0 Å². The van der Waals surface area contributed by atoms with E-state index in [4.69, 9.17) is 27.7 Å². The predicted octanol–water partition coefficient (Wildman–Crippen LogP) is 3.08. The summed E-state index contributed by atoms with van der Waals surface area (Å²) >= 11 is 12.2. The molecule has 0 saturated carbocycles. The second-order valence-electron chi connectivity index (χ2n) is 3.85. The number of nitrogens with zero attached hydrogens (tertiary/aromatic N) is 2. The summed E-state index contributed by atoms with van der Waals surface area (Å²) in [6.45, 7) is 0.981. The van der Waals surface area contributed by atoms with Crippen molar-refractivity contribution in [2.75, 3.05) is 6.54 Å². The van der Waals surface area contributed by atoms with Gasteiger partial charge in [-0.3, -0.25) is 0 Å². The molecule has 0 bridgehead atoms. The van der Waals surface area contributed by atoms with Gasteiger partial charge >= 0.3 is 0 Å². The number of benzene rings is 1. The average Bonchev–Trinajstić information content (AvgIpc) is 2.64. The van der Waals surface area contributed by atoms with Crippen LogP contribution in [0, 0.1) is 0 Å². The number of aromatic nitrogens is 2. The van der Waals surface area contributed by atoms with E-state index in [0.717, 1.165) is 13.0 Å². The first-order valence-corrected chi connectivity index (χ1v) is 6.02. The van der Waals surface area contributed by atoms with Crippen molar-refractivity contribution in [2.45, 2.75) is 12.5 Å². The van der Waals surface area contributed by atoms with Gasteiger partial charge in [0.15, 0.2) is 0 Å². The van der Waals surface area contributed by atoms with Crippen LogP contribution in [0.2, 0.25) is 10.0 Å². The molecule has 1 aromatic carbocycles. The minimum atomic E-state index is 0.164. The highest BCUT2D eigenvalue weighted by atomic mass is 35.5. The molecule has 1 saturated heterocycles. The van der Waals surface area contributed by atoms with Crippen molar-refractivity contribution in [3.8, 4) is 11.4 Å². The van der Waals surface area contributed by atoms with Gasteiger partial charge in [-0.25, -0.2) is 0 Å². The van der Waals surface area contributed by atoms with Crippen LogP contribution in [0.4, 0.5) is 0 Å². The molecule has 1 fully saturated rings. The molecule has 1 N–H and O–H groups in total. The Labute approximate surface area is 108 Å². The fraction of sp³-hybridized carbons (Fsp3) is 0.273. The Kier molecular flexibility index (Phi) is 2.78. The Bertz CT molecular complexity index is 531. The summed E-state index contributed by atoms with van der Waals surface area (Å²) < 4.78 is 5.19. The van der Waals surface area contributed by atoms with Gasteiger partial charge in [-0.15, -0.1) is 0 Å². The van der Waals surface area contributed by atoms with E-state index >= 15 is 0 Å². The highest BCUT2D eigenvalue weighted by molar-refractivity contribution is 6.38. The Hall–Kier alpha value is -1.10. The first-order chi connectivity index (χ1) is 8.25. The molecule has 0 radical (unpaired) electrons. The number of rotatable bonds is 2. The number of hydrogen-bond donors (Lipinski definition) is 1. The zero-order valence-corrected chi connectivity index (χ0v) is 10.3. The Morgan fingerprint density at radius 3 is 2.59 bits per heavy atom. The van der Waals surface area contributed by atoms with Crippen LogP contribution in [0.1, 0.15) is 18.4 Å². The summed E-state index contributed by atoms with van der Waals surface area (Å²) in [5, 5.41) is 8.15. The van der Waals surface area contributed by atoms with Gasteiger partial charge in [0, 0.05) is 0 Å². The van der Waals surface area contributed by atoms with Crippen molar-refractivity contribution in [1.29, 1.82) is 0 Å². The lowest BCUT2D eigenvalue weighted by Gasteiger charge is -2.23.